The third-order valence-electron chi connectivity index (χ3n) is 4.69. The molecule has 1 aliphatic heterocycles. The van der Waals surface area contributed by atoms with Gasteiger partial charge in [0.1, 0.15) is 6.17 Å². The summed E-state index contributed by atoms with van der Waals surface area (Å²) in [5.41, 5.74) is 2.82. The standard InChI is InChI=1S/C21H13Cl2N3OS/c22-13-7-5-8-14(23)18(13)19-24-15-9-2-1-6-12(15)20(27)26(19)21-25-16-10-3-4-11-17(16)28-21/h1-11,19,24H. The van der Waals surface area contributed by atoms with E-state index in [4.69, 9.17) is 28.2 Å². The molecule has 0 spiro atoms. The van der Waals surface area contributed by atoms with Crippen molar-refractivity contribution in [2.45, 2.75) is 6.17 Å². The first-order chi connectivity index (χ1) is 13.6. The largest absolute Gasteiger partial charge is 0.360 e. The van der Waals surface area contributed by atoms with Crippen molar-refractivity contribution in [2.24, 2.45) is 0 Å². The van der Waals surface area contributed by atoms with Gasteiger partial charge in [0.2, 0.25) is 0 Å². The van der Waals surface area contributed by atoms with Crippen LogP contribution in [0.3, 0.4) is 0 Å². The molecule has 0 fully saturated rings. The molecule has 3 aromatic carbocycles. The Bertz CT molecular complexity index is 1170. The number of amides is 1. The number of nitrogens with zero attached hydrogens (tertiary/aromatic N) is 2. The van der Waals surface area contributed by atoms with Crippen LogP contribution in [0.4, 0.5) is 10.8 Å². The fourth-order valence-electron chi connectivity index (χ4n) is 3.39. The first kappa shape index (κ1) is 17.5. The molecule has 0 saturated carbocycles. The van der Waals surface area contributed by atoms with Gasteiger partial charge in [0.05, 0.1) is 15.8 Å². The second-order valence-corrected chi connectivity index (χ2v) is 8.19. The number of anilines is 2. The lowest BCUT2D eigenvalue weighted by molar-refractivity contribution is 0.0975. The minimum Gasteiger partial charge on any atom is -0.360 e. The Morgan fingerprint density at radius 2 is 1.64 bits per heavy atom. The van der Waals surface area contributed by atoms with Gasteiger partial charge >= 0.3 is 0 Å². The molecule has 138 valence electrons. The number of hydrogen-bond acceptors (Lipinski definition) is 4. The number of benzene rings is 3. The predicted molar refractivity (Wildman–Crippen MR) is 116 cm³/mol. The number of nitrogens with one attached hydrogen (secondary N) is 1. The van der Waals surface area contributed by atoms with Crippen molar-refractivity contribution in [3.05, 3.63) is 87.9 Å². The molecule has 1 N–H and O–H groups in total. The summed E-state index contributed by atoms with van der Waals surface area (Å²) in [6.45, 7) is 0. The van der Waals surface area contributed by atoms with E-state index in [1.165, 1.54) is 11.3 Å². The van der Waals surface area contributed by atoms with Crippen molar-refractivity contribution in [3.63, 3.8) is 0 Å². The van der Waals surface area contributed by atoms with E-state index >= 15 is 0 Å². The van der Waals surface area contributed by atoms with Crippen LogP contribution in [-0.2, 0) is 0 Å². The molecule has 2 heterocycles. The lowest BCUT2D eigenvalue weighted by Crippen LogP contribution is -2.43. The third kappa shape index (κ3) is 2.75. The van der Waals surface area contributed by atoms with Gasteiger partial charge in [0.15, 0.2) is 5.13 Å². The number of thiazole rings is 1. The highest BCUT2D eigenvalue weighted by Crippen LogP contribution is 2.43. The van der Waals surface area contributed by atoms with E-state index in [2.05, 4.69) is 5.32 Å². The van der Waals surface area contributed by atoms with Crippen LogP contribution >= 0.6 is 34.5 Å². The fourth-order valence-corrected chi connectivity index (χ4v) is 4.98. The SMILES string of the molecule is O=C1c2ccccc2NC(c2c(Cl)cccc2Cl)N1c1nc2ccccc2s1. The number of fused-ring (bicyclic) bond motifs is 2. The van der Waals surface area contributed by atoms with E-state index in [-0.39, 0.29) is 5.91 Å². The molecular weight excluding hydrogens is 413 g/mol. The van der Waals surface area contributed by atoms with E-state index < -0.39 is 6.17 Å². The zero-order valence-corrected chi connectivity index (χ0v) is 16.7. The van der Waals surface area contributed by atoms with E-state index in [9.17, 15) is 4.79 Å². The van der Waals surface area contributed by atoms with Crippen LogP contribution in [0.1, 0.15) is 22.1 Å². The summed E-state index contributed by atoms with van der Waals surface area (Å²) in [6, 6.07) is 20.5. The Labute approximate surface area is 175 Å². The number of rotatable bonds is 2. The molecule has 1 aliphatic rings. The molecule has 0 radical (unpaired) electrons. The summed E-state index contributed by atoms with van der Waals surface area (Å²) >= 11 is 14.4. The third-order valence-corrected chi connectivity index (χ3v) is 6.38. The van der Waals surface area contributed by atoms with Gasteiger partial charge in [-0.3, -0.25) is 9.69 Å². The maximum atomic E-state index is 13.5. The molecule has 28 heavy (non-hydrogen) atoms. The number of para-hydroxylation sites is 2. The van der Waals surface area contributed by atoms with Crippen molar-refractivity contribution in [1.29, 1.82) is 0 Å². The highest BCUT2D eigenvalue weighted by Gasteiger charge is 2.37. The van der Waals surface area contributed by atoms with Crippen LogP contribution < -0.4 is 10.2 Å². The van der Waals surface area contributed by atoms with Crippen LogP contribution in [-0.4, -0.2) is 10.9 Å². The maximum Gasteiger partial charge on any atom is 0.264 e. The quantitative estimate of drug-likeness (QED) is 0.405. The summed E-state index contributed by atoms with van der Waals surface area (Å²) in [5, 5.41) is 4.99. The predicted octanol–water partition coefficient (Wildman–Crippen LogP) is 6.37. The molecule has 0 aliphatic carbocycles. The lowest BCUT2D eigenvalue weighted by atomic mass is 10.0. The second kappa shape index (κ2) is 6.78. The van der Waals surface area contributed by atoms with Gasteiger partial charge in [0.25, 0.3) is 5.91 Å². The minimum absolute atomic E-state index is 0.144. The normalized spacial score (nSPS) is 16.1. The molecule has 5 rings (SSSR count). The van der Waals surface area contributed by atoms with E-state index in [1.54, 1.807) is 29.2 Å². The molecule has 0 bridgehead atoms. The van der Waals surface area contributed by atoms with E-state index in [0.717, 1.165) is 15.9 Å². The van der Waals surface area contributed by atoms with Crippen molar-refractivity contribution in [1.82, 2.24) is 4.98 Å². The zero-order valence-electron chi connectivity index (χ0n) is 14.4. The lowest BCUT2D eigenvalue weighted by Gasteiger charge is -2.37. The smallest absolute Gasteiger partial charge is 0.264 e. The summed E-state index contributed by atoms with van der Waals surface area (Å²) in [6.07, 6.45) is -0.566. The molecule has 1 amide bonds. The van der Waals surface area contributed by atoms with Crippen molar-refractivity contribution in [3.8, 4) is 0 Å². The van der Waals surface area contributed by atoms with Gasteiger partial charge < -0.3 is 5.32 Å². The Balaban J connectivity index is 1.73. The highest BCUT2D eigenvalue weighted by molar-refractivity contribution is 7.22. The monoisotopic (exact) mass is 425 g/mol. The number of hydrogen-bond donors (Lipinski definition) is 1. The van der Waals surface area contributed by atoms with Gasteiger partial charge in [-0.15, -0.1) is 0 Å². The van der Waals surface area contributed by atoms with Crippen LogP contribution in [0.2, 0.25) is 10.0 Å². The number of aromatic nitrogens is 1. The molecule has 1 atom stereocenters. The van der Waals surface area contributed by atoms with Crippen LogP contribution in [0, 0.1) is 0 Å². The van der Waals surface area contributed by atoms with Crippen LogP contribution in [0.5, 0.6) is 0 Å². The molecule has 4 aromatic rings. The number of carbonyl (C=O) groups is 1. The Morgan fingerprint density at radius 1 is 0.929 bits per heavy atom. The summed E-state index contributed by atoms with van der Waals surface area (Å²) in [5.74, 6) is -0.144. The summed E-state index contributed by atoms with van der Waals surface area (Å²) < 4.78 is 1.01. The first-order valence-electron chi connectivity index (χ1n) is 8.62. The van der Waals surface area contributed by atoms with Crippen molar-refractivity contribution >= 4 is 61.5 Å². The Hall–Kier alpha value is -2.60. The zero-order chi connectivity index (χ0) is 19.3. The maximum absolute atomic E-state index is 13.5. The minimum atomic E-state index is -0.566. The fraction of sp³-hybridized carbons (Fsp3) is 0.0476. The van der Waals surface area contributed by atoms with E-state index in [1.807, 2.05) is 42.5 Å². The molecular formula is C21H13Cl2N3OS. The topological polar surface area (TPSA) is 45.2 Å². The van der Waals surface area contributed by atoms with Crippen LogP contribution in [0.25, 0.3) is 10.2 Å². The Kier molecular flexibility index (Phi) is 4.23. The molecule has 1 unspecified atom stereocenters. The first-order valence-corrected chi connectivity index (χ1v) is 10.2. The average molecular weight is 426 g/mol. The number of carbonyl (C=O) groups excluding carboxylic acids is 1. The molecule has 7 heteroatoms. The van der Waals surface area contributed by atoms with Gasteiger partial charge in [-0.05, 0) is 36.4 Å². The second-order valence-electron chi connectivity index (χ2n) is 6.37. The number of halogens is 2. The van der Waals surface area contributed by atoms with Crippen LogP contribution in [0.15, 0.2) is 66.7 Å². The van der Waals surface area contributed by atoms with Crippen molar-refractivity contribution in [2.75, 3.05) is 10.2 Å². The molecule has 1 aromatic heterocycles. The molecule has 0 saturated heterocycles. The van der Waals surface area contributed by atoms with Gasteiger partial charge in [-0.2, -0.15) is 0 Å². The van der Waals surface area contributed by atoms with E-state index in [0.29, 0.717) is 26.3 Å². The highest BCUT2D eigenvalue weighted by atomic mass is 35.5. The molecule has 4 nitrogen and oxygen atoms in total. The van der Waals surface area contributed by atoms with Gasteiger partial charge in [0, 0.05) is 21.3 Å². The Morgan fingerprint density at radius 3 is 2.43 bits per heavy atom. The average Bonchev–Trinajstić information content (AvgIpc) is 3.11. The van der Waals surface area contributed by atoms with Gasteiger partial charge in [-0.25, -0.2) is 4.98 Å². The summed E-state index contributed by atoms with van der Waals surface area (Å²) in [4.78, 5) is 19.8. The summed E-state index contributed by atoms with van der Waals surface area (Å²) in [7, 11) is 0. The van der Waals surface area contributed by atoms with Gasteiger partial charge in [-0.1, -0.05) is 64.9 Å². The van der Waals surface area contributed by atoms with Crippen molar-refractivity contribution < 1.29 is 4.79 Å².